The van der Waals surface area contributed by atoms with Crippen molar-refractivity contribution in [3.05, 3.63) is 0 Å². The highest BCUT2D eigenvalue weighted by Gasteiger charge is 2.17. The maximum Gasteiger partial charge on any atom is 0.306 e. The van der Waals surface area contributed by atoms with Gasteiger partial charge in [-0.1, -0.05) is 6.92 Å². The molecule has 1 atom stereocenters. The Morgan fingerprint density at radius 1 is 1.54 bits per heavy atom. The maximum atomic E-state index is 10.5. The Kier molecular flexibility index (Phi) is 4.18. The van der Waals surface area contributed by atoms with E-state index in [0.717, 1.165) is 12.8 Å². The minimum atomic E-state index is -0.728. The summed E-state index contributed by atoms with van der Waals surface area (Å²) in [5.74, 6) is -0.991. The molecule has 0 aromatic heterocycles. The van der Waals surface area contributed by atoms with Gasteiger partial charge in [0.15, 0.2) is 6.29 Å². The Bertz CT molecular complexity index is 163. The van der Waals surface area contributed by atoms with Crippen LogP contribution in [0.3, 0.4) is 0 Å². The van der Waals surface area contributed by atoms with Gasteiger partial charge in [0.2, 0.25) is 0 Å². The van der Waals surface area contributed by atoms with Gasteiger partial charge in [0, 0.05) is 0 Å². The lowest BCUT2D eigenvalue weighted by molar-refractivity contribution is -0.141. The molecule has 0 saturated carbocycles. The van der Waals surface area contributed by atoms with Crippen LogP contribution in [0, 0.1) is 5.92 Å². The largest absolute Gasteiger partial charge is 0.481 e. The molecule has 0 aromatic rings. The van der Waals surface area contributed by atoms with Crippen molar-refractivity contribution in [2.75, 3.05) is 13.2 Å². The molecule has 76 valence electrons. The molecule has 4 nitrogen and oxygen atoms in total. The predicted molar refractivity (Wildman–Crippen MR) is 46.3 cm³/mol. The minimum Gasteiger partial charge on any atom is -0.481 e. The van der Waals surface area contributed by atoms with Gasteiger partial charge in [0.25, 0.3) is 0 Å². The average Bonchev–Trinajstić information content (AvgIpc) is 2.56. The van der Waals surface area contributed by atoms with E-state index in [1.54, 1.807) is 6.92 Å². The van der Waals surface area contributed by atoms with Crippen molar-refractivity contribution in [3.63, 3.8) is 0 Å². The third-order valence-corrected chi connectivity index (χ3v) is 2.19. The van der Waals surface area contributed by atoms with Crippen LogP contribution < -0.4 is 0 Å². The molecule has 1 N–H and O–H groups in total. The molecule has 0 amide bonds. The number of carboxylic acid groups (broad SMARTS) is 1. The first-order chi connectivity index (χ1) is 6.20. The summed E-state index contributed by atoms with van der Waals surface area (Å²) in [7, 11) is 0. The van der Waals surface area contributed by atoms with Crippen LogP contribution in [-0.4, -0.2) is 30.6 Å². The minimum absolute atomic E-state index is 0.0963. The third-order valence-electron chi connectivity index (χ3n) is 2.19. The Hall–Kier alpha value is -0.610. The highest BCUT2D eigenvalue weighted by molar-refractivity contribution is 5.69. The van der Waals surface area contributed by atoms with E-state index in [2.05, 4.69) is 0 Å². The smallest absolute Gasteiger partial charge is 0.306 e. The molecule has 0 spiro atoms. The van der Waals surface area contributed by atoms with Gasteiger partial charge < -0.3 is 14.6 Å². The number of carboxylic acids is 1. The van der Waals surface area contributed by atoms with Crippen molar-refractivity contribution in [2.45, 2.75) is 32.5 Å². The van der Waals surface area contributed by atoms with E-state index in [9.17, 15) is 4.79 Å². The van der Waals surface area contributed by atoms with Crippen LogP contribution in [0.5, 0.6) is 0 Å². The molecule has 13 heavy (non-hydrogen) atoms. The SMILES string of the molecule is C[C@H](CCCC1OCCO1)C(=O)O. The summed E-state index contributed by atoms with van der Waals surface area (Å²) in [6.07, 6.45) is 2.25. The highest BCUT2D eigenvalue weighted by Crippen LogP contribution is 2.14. The molecular weight excluding hydrogens is 172 g/mol. The average molecular weight is 188 g/mol. The number of aliphatic carboxylic acids is 1. The van der Waals surface area contributed by atoms with Gasteiger partial charge >= 0.3 is 5.97 Å². The van der Waals surface area contributed by atoms with Crippen LogP contribution in [0.25, 0.3) is 0 Å². The van der Waals surface area contributed by atoms with E-state index in [4.69, 9.17) is 14.6 Å². The Morgan fingerprint density at radius 3 is 2.69 bits per heavy atom. The topological polar surface area (TPSA) is 55.8 Å². The Morgan fingerprint density at radius 2 is 2.15 bits per heavy atom. The van der Waals surface area contributed by atoms with Crippen LogP contribution >= 0.6 is 0 Å². The van der Waals surface area contributed by atoms with E-state index in [1.165, 1.54) is 0 Å². The van der Waals surface area contributed by atoms with Gasteiger partial charge in [-0.05, 0) is 19.3 Å². The monoisotopic (exact) mass is 188 g/mol. The molecular formula is C9H16O4. The van der Waals surface area contributed by atoms with Crippen LogP contribution in [0.15, 0.2) is 0 Å². The van der Waals surface area contributed by atoms with Gasteiger partial charge in [-0.15, -0.1) is 0 Å². The van der Waals surface area contributed by atoms with Crippen LogP contribution in [-0.2, 0) is 14.3 Å². The first-order valence-electron chi connectivity index (χ1n) is 4.66. The van der Waals surface area contributed by atoms with Gasteiger partial charge in [-0.25, -0.2) is 0 Å². The summed E-state index contributed by atoms with van der Waals surface area (Å²) in [4.78, 5) is 10.5. The van der Waals surface area contributed by atoms with Gasteiger partial charge in [0.1, 0.15) is 0 Å². The first-order valence-corrected chi connectivity index (χ1v) is 4.66. The fraction of sp³-hybridized carbons (Fsp3) is 0.889. The van der Waals surface area contributed by atoms with E-state index in [1.807, 2.05) is 0 Å². The number of hydrogen-bond acceptors (Lipinski definition) is 3. The fourth-order valence-corrected chi connectivity index (χ4v) is 1.29. The normalized spacial score (nSPS) is 20.4. The molecule has 0 aromatic carbocycles. The van der Waals surface area contributed by atoms with Gasteiger partial charge in [-0.2, -0.15) is 0 Å². The number of rotatable bonds is 5. The molecule has 1 rings (SSSR count). The molecule has 1 heterocycles. The summed E-state index contributed by atoms with van der Waals surface area (Å²) >= 11 is 0. The second-order valence-corrected chi connectivity index (χ2v) is 3.34. The second kappa shape index (κ2) is 5.19. The van der Waals surface area contributed by atoms with E-state index < -0.39 is 5.97 Å². The Labute approximate surface area is 77.8 Å². The molecule has 4 heteroatoms. The van der Waals surface area contributed by atoms with Crippen molar-refractivity contribution in [1.82, 2.24) is 0 Å². The van der Waals surface area contributed by atoms with Crippen LogP contribution in [0.4, 0.5) is 0 Å². The van der Waals surface area contributed by atoms with Crippen molar-refractivity contribution >= 4 is 5.97 Å². The van der Waals surface area contributed by atoms with E-state index in [0.29, 0.717) is 19.6 Å². The fourth-order valence-electron chi connectivity index (χ4n) is 1.29. The third kappa shape index (κ3) is 3.74. The van der Waals surface area contributed by atoms with Crippen LogP contribution in [0.1, 0.15) is 26.2 Å². The molecule has 1 fully saturated rings. The summed E-state index contributed by atoms with van der Waals surface area (Å²) in [6, 6.07) is 0. The zero-order valence-corrected chi connectivity index (χ0v) is 7.86. The highest BCUT2D eigenvalue weighted by atomic mass is 16.7. The number of hydrogen-bond donors (Lipinski definition) is 1. The van der Waals surface area contributed by atoms with Gasteiger partial charge in [-0.3, -0.25) is 4.79 Å². The first kappa shape index (κ1) is 10.5. The van der Waals surface area contributed by atoms with Gasteiger partial charge in [0.05, 0.1) is 19.1 Å². The van der Waals surface area contributed by atoms with Crippen molar-refractivity contribution in [2.24, 2.45) is 5.92 Å². The second-order valence-electron chi connectivity index (χ2n) is 3.34. The molecule has 0 unspecified atom stereocenters. The summed E-state index contributed by atoms with van der Waals surface area (Å²) in [6.45, 7) is 3.05. The summed E-state index contributed by atoms with van der Waals surface area (Å²) < 4.78 is 10.5. The standard InChI is InChI=1S/C9H16O4/c1-7(9(10)11)3-2-4-8-12-5-6-13-8/h7-8H,2-6H2,1H3,(H,10,11)/t7-/m1/s1. The number of ether oxygens (including phenoxy) is 2. The van der Waals surface area contributed by atoms with Crippen molar-refractivity contribution < 1.29 is 19.4 Å². The van der Waals surface area contributed by atoms with Crippen LogP contribution in [0.2, 0.25) is 0 Å². The molecule has 0 radical (unpaired) electrons. The lowest BCUT2D eigenvalue weighted by atomic mass is 10.0. The molecule has 1 aliphatic rings. The predicted octanol–water partition coefficient (Wildman–Crippen LogP) is 1.25. The van der Waals surface area contributed by atoms with E-state index in [-0.39, 0.29) is 12.2 Å². The van der Waals surface area contributed by atoms with Crippen molar-refractivity contribution in [1.29, 1.82) is 0 Å². The lowest BCUT2D eigenvalue weighted by Crippen LogP contribution is -2.12. The quantitative estimate of drug-likeness (QED) is 0.705. The molecule has 0 bridgehead atoms. The molecule has 0 aliphatic carbocycles. The maximum absolute atomic E-state index is 10.5. The van der Waals surface area contributed by atoms with E-state index >= 15 is 0 Å². The molecule has 1 aliphatic heterocycles. The lowest BCUT2D eigenvalue weighted by Gasteiger charge is -2.09. The zero-order chi connectivity index (χ0) is 9.68. The molecule has 1 saturated heterocycles. The number of carbonyl (C=O) groups is 1. The van der Waals surface area contributed by atoms with Crippen molar-refractivity contribution in [3.8, 4) is 0 Å². The zero-order valence-electron chi connectivity index (χ0n) is 7.86. The Balaban J connectivity index is 2.02. The summed E-state index contributed by atoms with van der Waals surface area (Å²) in [5, 5.41) is 8.61. The summed E-state index contributed by atoms with van der Waals surface area (Å²) in [5.41, 5.74) is 0.